The van der Waals surface area contributed by atoms with Crippen molar-refractivity contribution in [2.24, 2.45) is 0 Å². The zero-order valence-corrected chi connectivity index (χ0v) is 18.3. The number of nitrogens with one attached hydrogen (secondary N) is 1. The maximum atomic E-state index is 14.0. The third kappa shape index (κ3) is 5.88. The van der Waals surface area contributed by atoms with E-state index in [9.17, 15) is 31.1 Å². The Kier molecular flexibility index (Phi) is 8.05. The molecular formula is C24H26F6N2O. The van der Waals surface area contributed by atoms with Crippen LogP contribution in [-0.4, -0.2) is 49.3 Å². The van der Waals surface area contributed by atoms with Crippen molar-refractivity contribution in [1.29, 1.82) is 0 Å². The monoisotopic (exact) mass is 472 g/mol. The minimum absolute atomic E-state index is 0.274. The Morgan fingerprint density at radius 3 is 2.09 bits per heavy atom. The number of hydrogen-bond acceptors (Lipinski definition) is 2. The first-order valence-electron chi connectivity index (χ1n) is 10.7. The van der Waals surface area contributed by atoms with Gasteiger partial charge in [-0.05, 0) is 66.3 Å². The second-order valence-corrected chi connectivity index (χ2v) is 8.34. The van der Waals surface area contributed by atoms with E-state index in [0.717, 1.165) is 28.8 Å². The van der Waals surface area contributed by atoms with E-state index in [0.29, 0.717) is 25.6 Å². The molecule has 3 rings (SSSR count). The summed E-state index contributed by atoms with van der Waals surface area (Å²) >= 11 is 0. The molecule has 1 heterocycles. The van der Waals surface area contributed by atoms with E-state index in [1.807, 2.05) is 32.0 Å². The molecule has 1 fully saturated rings. The summed E-state index contributed by atoms with van der Waals surface area (Å²) in [5.41, 5.74) is 1.51. The number of hydrogen-bond donors (Lipinski definition) is 1. The van der Waals surface area contributed by atoms with Gasteiger partial charge in [0, 0.05) is 31.2 Å². The Hall–Kier alpha value is -2.55. The summed E-state index contributed by atoms with van der Waals surface area (Å²) in [6.07, 6.45) is -12.0. The molecule has 0 aliphatic carbocycles. The van der Waals surface area contributed by atoms with Crippen LogP contribution in [0.3, 0.4) is 0 Å². The largest absolute Gasteiger partial charge is 0.333 e. The molecule has 180 valence electrons. The number of carbonyl (C=O) groups excluding carboxylic acids is 1. The van der Waals surface area contributed by atoms with Crippen LogP contribution in [-0.2, 0) is 6.42 Å². The number of rotatable bonds is 7. The number of nitrogens with zero attached hydrogens (tertiary/aromatic N) is 1. The quantitative estimate of drug-likeness (QED) is 0.539. The Balaban J connectivity index is 1.93. The van der Waals surface area contributed by atoms with Gasteiger partial charge in [-0.2, -0.15) is 0 Å². The Bertz CT molecular complexity index is 951. The average molecular weight is 472 g/mol. The maximum absolute atomic E-state index is 14.0. The fraction of sp³-hybridized carbons (Fsp3) is 0.458. The maximum Gasteiger partial charge on any atom is 0.273 e. The number of benzene rings is 2. The zero-order valence-electron chi connectivity index (χ0n) is 18.3. The van der Waals surface area contributed by atoms with E-state index in [1.165, 1.54) is 4.90 Å². The second kappa shape index (κ2) is 10.6. The van der Waals surface area contributed by atoms with Crippen molar-refractivity contribution in [1.82, 2.24) is 10.2 Å². The van der Waals surface area contributed by atoms with Crippen LogP contribution in [0.2, 0.25) is 0 Å². The van der Waals surface area contributed by atoms with Gasteiger partial charge in [0.15, 0.2) is 12.3 Å². The smallest absolute Gasteiger partial charge is 0.273 e. The van der Waals surface area contributed by atoms with Crippen molar-refractivity contribution in [2.75, 3.05) is 19.6 Å². The normalized spacial score (nSPS) is 18.6. The molecule has 3 atom stereocenters. The van der Waals surface area contributed by atoms with Crippen molar-refractivity contribution >= 4 is 5.91 Å². The highest BCUT2D eigenvalue weighted by Gasteiger charge is 2.31. The Morgan fingerprint density at radius 1 is 0.939 bits per heavy atom. The van der Waals surface area contributed by atoms with Gasteiger partial charge in [-0.3, -0.25) is 4.79 Å². The molecule has 2 aromatic rings. The topological polar surface area (TPSA) is 32.3 Å². The van der Waals surface area contributed by atoms with E-state index in [1.54, 1.807) is 0 Å². The average Bonchev–Trinajstić information content (AvgIpc) is 2.79. The van der Waals surface area contributed by atoms with Crippen molar-refractivity contribution in [2.45, 2.75) is 51.5 Å². The summed E-state index contributed by atoms with van der Waals surface area (Å²) in [5.74, 6) is -0.642. The van der Waals surface area contributed by atoms with Crippen molar-refractivity contribution in [3.8, 4) is 0 Å². The van der Waals surface area contributed by atoms with E-state index in [2.05, 4.69) is 5.32 Å². The highest BCUT2D eigenvalue weighted by Crippen LogP contribution is 2.32. The minimum atomic E-state index is -3.44. The lowest BCUT2D eigenvalue weighted by Crippen LogP contribution is -2.54. The van der Waals surface area contributed by atoms with Crippen LogP contribution in [0.5, 0.6) is 0 Å². The summed E-state index contributed by atoms with van der Waals surface area (Å²) in [4.78, 5) is 14.8. The molecule has 1 saturated heterocycles. The molecule has 9 heteroatoms. The molecule has 33 heavy (non-hydrogen) atoms. The fourth-order valence-corrected chi connectivity index (χ4v) is 3.99. The predicted octanol–water partition coefficient (Wildman–Crippen LogP) is 5.51. The molecule has 1 aliphatic heterocycles. The van der Waals surface area contributed by atoms with E-state index in [4.69, 9.17) is 0 Å². The SMILES string of the molecule is Cc1ccc(C[C@@H]2CNCCN2C(=O)c2cc(C(F)C(F)F)cc(C(F)C(F)F)c2)cc1C. The lowest BCUT2D eigenvalue weighted by molar-refractivity contribution is 0.0455. The standard InChI is InChI=1S/C24H26F6N2O/c1-13-3-4-15(7-14(13)2)8-19-12-31-5-6-32(19)24(33)18-10-16(20(25)22(27)28)9-17(11-18)21(26)23(29)30/h3-4,7,9-11,19-23,31H,5-6,8,12H2,1-2H3/t19-,20?,21?/m1/s1. The molecular weight excluding hydrogens is 446 g/mol. The van der Waals surface area contributed by atoms with E-state index >= 15 is 0 Å². The van der Waals surface area contributed by atoms with Crippen LogP contribution in [0.25, 0.3) is 0 Å². The predicted molar refractivity (Wildman–Crippen MR) is 113 cm³/mol. The van der Waals surface area contributed by atoms with Gasteiger partial charge in [0.2, 0.25) is 0 Å². The first-order chi connectivity index (χ1) is 15.6. The molecule has 0 spiro atoms. The summed E-state index contributed by atoms with van der Waals surface area (Å²) in [7, 11) is 0. The summed E-state index contributed by atoms with van der Waals surface area (Å²) in [6.45, 7) is 5.15. The first kappa shape index (κ1) is 25.1. The van der Waals surface area contributed by atoms with Crippen LogP contribution < -0.4 is 5.32 Å². The molecule has 2 unspecified atom stereocenters. The highest BCUT2D eigenvalue weighted by atomic mass is 19.3. The Morgan fingerprint density at radius 2 is 1.55 bits per heavy atom. The van der Waals surface area contributed by atoms with Crippen LogP contribution in [0.4, 0.5) is 26.3 Å². The number of alkyl halides is 6. The fourth-order valence-electron chi connectivity index (χ4n) is 3.99. The highest BCUT2D eigenvalue weighted by molar-refractivity contribution is 5.95. The van der Waals surface area contributed by atoms with Crippen LogP contribution in [0.1, 0.15) is 50.5 Å². The van der Waals surface area contributed by atoms with Crippen molar-refractivity contribution in [3.05, 3.63) is 69.8 Å². The molecule has 2 aromatic carbocycles. The molecule has 0 bridgehead atoms. The third-order valence-electron chi connectivity index (χ3n) is 5.96. The van der Waals surface area contributed by atoms with Gasteiger partial charge in [-0.25, -0.2) is 26.3 Å². The summed E-state index contributed by atoms with van der Waals surface area (Å²) in [5, 5.41) is 3.19. The number of carbonyl (C=O) groups is 1. The van der Waals surface area contributed by atoms with Crippen LogP contribution in [0.15, 0.2) is 36.4 Å². The van der Waals surface area contributed by atoms with Gasteiger partial charge < -0.3 is 10.2 Å². The second-order valence-electron chi connectivity index (χ2n) is 8.34. The number of piperazine rings is 1. The van der Waals surface area contributed by atoms with Crippen molar-refractivity contribution < 1.29 is 31.1 Å². The molecule has 1 amide bonds. The van der Waals surface area contributed by atoms with Crippen LogP contribution >= 0.6 is 0 Å². The van der Waals surface area contributed by atoms with Gasteiger partial charge in [-0.1, -0.05) is 18.2 Å². The van der Waals surface area contributed by atoms with Crippen molar-refractivity contribution in [3.63, 3.8) is 0 Å². The number of aryl methyl sites for hydroxylation is 2. The lowest BCUT2D eigenvalue weighted by Gasteiger charge is -2.37. The number of amides is 1. The summed E-state index contributed by atoms with van der Waals surface area (Å²) < 4.78 is 79.8. The van der Waals surface area contributed by atoms with Gasteiger partial charge in [-0.15, -0.1) is 0 Å². The Labute approximate surface area is 188 Å². The van der Waals surface area contributed by atoms with Gasteiger partial charge in [0.05, 0.1) is 0 Å². The molecule has 1 aliphatic rings. The van der Waals surface area contributed by atoms with Gasteiger partial charge in [0.25, 0.3) is 18.8 Å². The molecule has 0 aromatic heterocycles. The molecule has 0 radical (unpaired) electrons. The van der Waals surface area contributed by atoms with E-state index < -0.39 is 42.2 Å². The van der Waals surface area contributed by atoms with Gasteiger partial charge in [0.1, 0.15) is 0 Å². The first-order valence-corrected chi connectivity index (χ1v) is 10.7. The molecule has 3 nitrogen and oxygen atoms in total. The summed E-state index contributed by atoms with van der Waals surface area (Å²) in [6, 6.07) is 8.05. The van der Waals surface area contributed by atoms with Crippen LogP contribution in [0, 0.1) is 13.8 Å². The van der Waals surface area contributed by atoms with E-state index in [-0.39, 0.29) is 18.2 Å². The third-order valence-corrected chi connectivity index (χ3v) is 5.96. The van der Waals surface area contributed by atoms with Gasteiger partial charge >= 0.3 is 0 Å². The molecule has 0 saturated carbocycles. The minimum Gasteiger partial charge on any atom is -0.333 e. The lowest BCUT2D eigenvalue weighted by atomic mass is 9.96. The zero-order chi connectivity index (χ0) is 24.3. The molecule has 1 N–H and O–H groups in total. The number of halogens is 6.